The van der Waals surface area contributed by atoms with Crippen LogP contribution in [0, 0.1) is 24.1 Å². The molecule has 2 saturated heterocycles. The summed E-state index contributed by atoms with van der Waals surface area (Å²) in [5.74, 6) is -1.44. The van der Waals surface area contributed by atoms with Gasteiger partial charge in [0.05, 0.1) is 18.8 Å². The molecule has 1 spiro atoms. The number of nitrogens with one attached hydrogen (secondary N) is 1. The van der Waals surface area contributed by atoms with Crippen molar-refractivity contribution >= 4 is 34.7 Å². The van der Waals surface area contributed by atoms with Crippen molar-refractivity contribution in [1.29, 1.82) is 0 Å². The molecule has 59 heavy (non-hydrogen) atoms. The first-order chi connectivity index (χ1) is 28.0. The van der Waals surface area contributed by atoms with E-state index in [0.29, 0.717) is 45.2 Å². The zero-order valence-electron chi connectivity index (χ0n) is 35.2. The molecule has 0 amide bonds. The number of fused-ring (bicyclic) bond motifs is 6. The lowest BCUT2D eigenvalue weighted by atomic mass is 9.47. The molecular formula is C46H57FN4O8. The summed E-state index contributed by atoms with van der Waals surface area (Å²) in [6.07, 6.45) is 7.32. The highest BCUT2D eigenvalue weighted by atomic mass is 19.1. The first-order valence-corrected chi connectivity index (χ1v) is 21.0. The average Bonchev–Trinajstić information content (AvgIpc) is 3.85. The predicted octanol–water partition coefficient (Wildman–Crippen LogP) is 4.69. The zero-order chi connectivity index (χ0) is 42.4. The minimum atomic E-state index is -2.20. The Bertz CT molecular complexity index is 2270. The van der Waals surface area contributed by atoms with Gasteiger partial charge in [0.25, 0.3) is 0 Å². The molecule has 1 aromatic heterocycles. The van der Waals surface area contributed by atoms with E-state index in [1.54, 1.807) is 6.07 Å². The van der Waals surface area contributed by atoms with E-state index < -0.39 is 51.5 Å². The summed E-state index contributed by atoms with van der Waals surface area (Å²) in [5.41, 5.74) is 2.14. The van der Waals surface area contributed by atoms with Crippen LogP contribution in [0.5, 0.6) is 0 Å². The third-order valence-corrected chi connectivity index (χ3v) is 15.5. The maximum absolute atomic E-state index is 15.0. The van der Waals surface area contributed by atoms with Crippen molar-refractivity contribution in [2.45, 2.75) is 113 Å². The molecule has 3 fully saturated rings. The van der Waals surface area contributed by atoms with Crippen molar-refractivity contribution in [1.82, 2.24) is 14.8 Å². The number of anilines is 1. The van der Waals surface area contributed by atoms with Crippen LogP contribution < -0.4 is 4.90 Å². The van der Waals surface area contributed by atoms with E-state index in [0.717, 1.165) is 70.6 Å². The molecule has 6 aliphatic rings. The van der Waals surface area contributed by atoms with Crippen molar-refractivity contribution in [3.8, 4) is 0 Å². The third-order valence-electron chi connectivity index (χ3n) is 15.5. The number of piperidine rings is 1. The number of aryl methyl sites for hydroxylation is 1. The molecule has 2 aromatic carbocycles. The van der Waals surface area contributed by atoms with Gasteiger partial charge in [-0.25, -0.2) is 9.18 Å². The number of aliphatic hydroxyl groups is 2. The molecule has 5 aliphatic heterocycles. The molecule has 2 bridgehead atoms. The van der Waals surface area contributed by atoms with Gasteiger partial charge in [0.15, 0.2) is 6.10 Å². The second-order valence-corrected chi connectivity index (χ2v) is 18.5. The Hall–Kier alpha value is -4.39. The Morgan fingerprint density at radius 1 is 1.05 bits per heavy atom. The lowest BCUT2D eigenvalue weighted by molar-refractivity contribution is -0.228. The second-order valence-electron chi connectivity index (χ2n) is 18.5. The van der Waals surface area contributed by atoms with E-state index in [1.165, 1.54) is 20.1 Å². The standard InChI is InChI=1S/C45H57FN4O6.CO2/c1-8-42(53)23-28-22-41(5,36-30(13-17-49(24-28)25-42)31-20-29(46)11-12-34(31)47-36)32-21-33-35(19-26(32)3)48(6)38-44(33)15-18-50-16-10-14-43(9-2,37(44)50)39(56-27(4)51)45(38,54)40(52)55-7;2-1-3/h10-12,14,19-21,28,37-39,47,53-54H,8-9,13,15-18,22-25H2,1-7H3;/t28-,37-,38?,39+,41+,42?,43+,44+,45-;/m0./s1. The average molecular weight is 813 g/mol. The summed E-state index contributed by atoms with van der Waals surface area (Å²) in [6.45, 7) is 13.7. The first kappa shape index (κ1) is 41.3. The molecule has 9 rings (SSSR count). The van der Waals surface area contributed by atoms with Gasteiger partial charge in [-0.2, -0.15) is 9.59 Å². The van der Waals surface area contributed by atoms with Crippen molar-refractivity contribution in [3.05, 3.63) is 76.2 Å². The predicted molar refractivity (Wildman–Crippen MR) is 217 cm³/mol. The number of aromatic amines is 1. The third kappa shape index (κ3) is 5.75. The number of hydrogen-bond donors (Lipinski definition) is 3. The molecule has 12 nitrogen and oxygen atoms in total. The normalized spacial score (nSPS) is 36.7. The molecule has 13 heteroatoms. The zero-order valence-corrected chi connectivity index (χ0v) is 35.2. The molecule has 6 heterocycles. The van der Waals surface area contributed by atoms with Gasteiger partial charge in [-0.1, -0.05) is 32.1 Å². The van der Waals surface area contributed by atoms with Crippen molar-refractivity contribution < 1.29 is 43.3 Å². The number of aromatic nitrogens is 1. The number of hydrogen-bond acceptors (Lipinski definition) is 11. The van der Waals surface area contributed by atoms with Crippen LogP contribution >= 0.6 is 0 Å². The Labute approximate surface area is 344 Å². The quantitative estimate of drug-likeness (QED) is 0.243. The summed E-state index contributed by atoms with van der Waals surface area (Å²) < 4.78 is 26.6. The van der Waals surface area contributed by atoms with Crippen molar-refractivity contribution in [2.75, 3.05) is 51.8 Å². The Balaban J connectivity index is 0.00000157. The number of H-pyrrole nitrogens is 1. The molecule has 0 radical (unpaired) electrons. The van der Waals surface area contributed by atoms with E-state index in [9.17, 15) is 19.8 Å². The van der Waals surface area contributed by atoms with E-state index in [4.69, 9.17) is 19.1 Å². The van der Waals surface area contributed by atoms with Crippen LogP contribution in [0.15, 0.2) is 42.5 Å². The Morgan fingerprint density at radius 2 is 1.80 bits per heavy atom. The number of ether oxygens (including phenoxy) is 2. The van der Waals surface area contributed by atoms with Gasteiger partial charge in [0, 0.05) is 84.7 Å². The Kier molecular flexibility index (Phi) is 10.1. The van der Waals surface area contributed by atoms with Crippen LogP contribution in [0.3, 0.4) is 0 Å². The van der Waals surface area contributed by atoms with Gasteiger partial charge < -0.3 is 29.6 Å². The monoisotopic (exact) mass is 812 g/mol. The first-order valence-electron chi connectivity index (χ1n) is 21.0. The molecule has 3 N–H and O–H groups in total. The summed E-state index contributed by atoms with van der Waals surface area (Å²) in [5, 5.41) is 26.0. The summed E-state index contributed by atoms with van der Waals surface area (Å²) >= 11 is 0. The van der Waals surface area contributed by atoms with Gasteiger partial charge in [0.2, 0.25) is 5.60 Å². The van der Waals surface area contributed by atoms with Crippen molar-refractivity contribution in [3.63, 3.8) is 0 Å². The van der Waals surface area contributed by atoms with Crippen LogP contribution in [-0.4, -0.2) is 119 Å². The van der Waals surface area contributed by atoms with E-state index in [1.807, 2.05) is 13.1 Å². The summed E-state index contributed by atoms with van der Waals surface area (Å²) in [6, 6.07) is 8.64. The van der Waals surface area contributed by atoms with Gasteiger partial charge in [-0.15, -0.1) is 0 Å². The smallest absolute Gasteiger partial charge is 0.373 e. The molecule has 3 unspecified atom stereocenters. The minimum absolute atomic E-state index is 0.185. The molecule has 1 aliphatic carbocycles. The highest BCUT2D eigenvalue weighted by Gasteiger charge is 2.80. The number of carbonyl (C=O) groups excluding carboxylic acids is 4. The highest BCUT2D eigenvalue weighted by Crippen LogP contribution is 2.68. The maximum Gasteiger partial charge on any atom is 0.373 e. The van der Waals surface area contributed by atoms with Crippen LogP contribution in [0.4, 0.5) is 10.1 Å². The van der Waals surface area contributed by atoms with Crippen LogP contribution in [-0.2, 0) is 45.9 Å². The second kappa shape index (κ2) is 14.4. The molecule has 316 valence electrons. The van der Waals surface area contributed by atoms with E-state index in [-0.39, 0.29) is 23.9 Å². The largest absolute Gasteiger partial charge is 0.467 e. The van der Waals surface area contributed by atoms with Gasteiger partial charge in [-0.05, 0) is 111 Å². The molecule has 3 aromatic rings. The van der Waals surface area contributed by atoms with Gasteiger partial charge in [-0.3, -0.25) is 14.6 Å². The Morgan fingerprint density at radius 3 is 2.47 bits per heavy atom. The number of methoxy groups -OCH3 is 1. The lowest BCUT2D eigenvalue weighted by Gasteiger charge is -2.63. The number of halogens is 1. The molecular weight excluding hydrogens is 756 g/mol. The summed E-state index contributed by atoms with van der Waals surface area (Å²) in [4.78, 5) is 54.2. The number of esters is 2. The highest BCUT2D eigenvalue weighted by molar-refractivity contribution is 5.88. The molecule has 10 atom stereocenters. The van der Waals surface area contributed by atoms with E-state index in [2.05, 4.69) is 71.7 Å². The van der Waals surface area contributed by atoms with Crippen LogP contribution in [0.2, 0.25) is 0 Å². The minimum Gasteiger partial charge on any atom is -0.467 e. The van der Waals surface area contributed by atoms with Crippen LogP contribution in [0.25, 0.3) is 10.9 Å². The number of benzene rings is 2. The number of rotatable bonds is 5. The fraction of sp³-hybridized carbons (Fsp3) is 0.587. The topological polar surface area (TPSA) is 153 Å². The number of carbonyl (C=O) groups is 2. The fourth-order valence-corrected chi connectivity index (χ4v) is 13.5. The van der Waals surface area contributed by atoms with Gasteiger partial charge >= 0.3 is 18.1 Å². The van der Waals surface area contributed by atoms with E-state index >= 15 is 4.39 Å². The maximum atomic E-state index is 15.0. The lowest BCUT2D eigenvalue weighted by Crippen LogP contribution is -2.81. The molecule has 1 saturated carbocycles. The number of likely N-dealkylation sites (N-methyl/N-ethyl adjacent to an activating group) is 1. The van der Waals surface area contributed by atoms with Gasteiger partial charge in [0.1, 0.15) is 5.82 Å². The fourth-order valence-electron chi connectivity index (χ4n) is 13.5. The van der Waals surface area contributed by atoms with Crippen molar-refractivity contribution in [2.24, 2.45) is 11.3 Å². The SMILES string of the molecule is CCC1(O)C[C@H]2CN(CCc3c([nH]c4ccc(F)cc34)[C@@](C)(c3cc4c(cc3C)N(C)C3[C@]45CCN4CC=C[C@@](CC)([C@@H](OC(C)=O)[C@]3(O)C(=O)OC)[C@H]45)C2)C1.O=C=O. The number of nitrogens with zero attached hydrogens (tertiary/aromatic N) is 3. The van der Waals surface area contributed by atoms with Crippen LogP contribution in [0.1, 0.15) is 87.7 Å². The summed E-state index contributed by atoms with van der Waals surface area (Å²) in [7, 11) is 3.24.